The summed E-state index contributed by atoms with van der Waals surface area (Å²) in [5.74, 6) is 0. The second-order valence-electron chi connectivity index (χ2n) is 12.5. The van der Waals surface area contributed by atoms with Crippen LogP contribution >= 0.6 is 0 Å². The fourth-order valence-corrected chi connectivity index (χ4v) is 8.34. The second kappa shape index (κ2) is 9.57. The summed E-state index contributed by atoms with van der Waals surface area (Å²) < 4.78 is 48.3. The minimum absolute atomic E-state index is 0.141. The van der Waals surface area contributed by atoms with E-state index in [1.54, 1.807) is 0 Å². The van der Waals surface area contributed by atoms with Crippen molar-refractivity contribution in [3.63, 3.8) is 0 Å². The van der Waals surface area contributed by atoms with Crippen LogP contribution in [0.5, 0.6) is 0 Å². The van der Waals surface area contributed by atoms with Crippen molar-refractivity contribution < 1.29 is 6.85 Å². The van der Waals surface area contributed by atoms with Gasteiger partial charge in [0.2, 0.25) is 0 Å². The third-order valence-electron chi connectivity index (χ3n) is 10.1. The van der Waals surface area contributed by atoms with Gasteiger partial charge in [-0.1, -0.05) is 139 Å². The summed E-state index contributed by atoms with van der Waals surface area (Å²) in [6.07, 6.45) is 0. The molecule has 0 aliphatic heterocycles. The third kappa shape index (κ3) is 3.26. The molecule has 0 N–H and O–H groups in total. The first-order valence-electron chi connectivity index (χ1n) is 18.7. The first-order valence-corrected chi connectivity index (χ1v) is 16.2. The summed E-state index contributed by atoms with van der Waals surface area (Å²) in [7, 11) is 0. The van der Waals surface area contributed by atoms with Crippen LogP contribution in [0.4, 0.5) is 0 Å². The third-order valence-corrected chi connectivity index (χ3v) is 10.1. The Morgan fingerprint density at radius 1 is 0.354 bits per heavy atom. The van der Waals surface area contributed by atoms with Gasteiger partial charge in [-0.15, -0.1) is 0 Å². The molecule has 0 aliphatic rings. The van der Waals surface area contributed by atoms with Gasteiger partial charge in [0, 0.05) is 48.8 Å². The number of hydrogen-bond donors (Lipinski definition) is 0. The Balaban J connectivity index is 1.50. The summed E-state index contributed by atoms with van der Waals surface area (Å²) >= 11 is 0. The van der Waals surface area contributed by atoms with Crippen LogP contribution < -0.4 is 0 Å². The molecule has 2 heteroatoms. The number of hydrogen-bond acceptors (Lipinski definition) is 0. The van der Waals surface area contributed by atoms with Crippen LogP contribution in [0, 0.1) is 0 Å². The topological polar surface area (TPSA) is 9.86 Å². The molecule has 0 fully saturated rings. The molecule has 0 saturated carbocycles. The van der Waals surface area contributed by atoms with Crippen molar-refractivity contribution in [3.8, 4) is 11.4 Å². The Morgan fingerprint density at radius 2 is 0.833 bits per heavy atom. The van der Waals surface area contributed by atoms with Gasteiger partial charge in [-0.3, -0.25) is 0 Å². The predicted molar refractivity (Wildman–Crippen MR) is 205 cm³/mol. The average Bonchev–Trinajstić information content (AvgIpc) is 3.73. The quantitative estimate of drug-likeness (QED) is 0.172. The molecular weight excluding hydrogens is 581 g/mol. The van der Waals surface area contributed by atoms with E-state index in [0.717, 1.165) is 92.4 Å². The van der Waals surface area contributed by atoms with Crippen molar-refractivity contribution in [1.82, 2.24) is 9.13 Å². The molecule has 11 rings (SSSR count). The van der Waals surface area contributed by atoms with Crippen molar-refractivity contribution in [3.05, 3.63) is 170 Å². The molecule has 0 saturated heterocycles. The maximum absolute atomic E-state index is 9.15. The van der Waals surface area contributed by atoms with Crippen LogP contribution in [0.25, 0.3) is 98.1 Å². The van der Waals surface area contributed by atoms with Crippen molar-refractivity contribution in [2.75, 3.05) is 0 Å². The Labute approximate surface area is 283 Å². The molecule has 0 bridgehead atoms. The zero-order valence-electron chi connectivity index (χ0n) is 30.7. The van der Waals surface area contributed by atoms with Gasteiger partial charge in [-0.05, 0) is 51.8 Å². The number of nitrogens with zero attached hydrogens (tertiary/aromatic N) is 2. The zero-order valence-corrected chi connectivity index (χ0v) is 25.7. The molecule has 2 aromatic heterocycles. The minimum Gasteiger partial charge on any atom is -0.309 e. The lowest BCUT2D eigenvalue weighted by atomic mass is 9.89. The maximum Gasteiger partial charge on any atom is 0.0645 e. The molecular formula is C46H28N2. The minimum atomic E-state index is -0.408. The zero-order chi connectivity index (χ0) is 35.7. The summed E-state index contributed by atoms with van der Waals surface area (Å²) in [6.45, 7) is 0. The predicted octanol–water partition coefficient (Wildman–Crippen LogP) is 12.5. The first-order chi connectivity index (χ1) is 26.0. The second-order valence-corrected chi connectivity index (χ2v) is 12.5. The summed E-state index contributed by atoms with van der Waals surface area (Å²) in [5.41, 5.74) is 5.01. The molecule has 0 unspecified atom stereocenters. The molecule has 9 aromatic carbocycles. The fourth-order valence-electron chi connectivity index (χ4n) is 8.34. The van der Waals surface area contributed by atoms with E-state index in [2.05, 4.69) is 120 Å². The van der Waals surface area contributed by atoms with Gasteiger partial charge < -0.3 is 9.13 Å². The standard InChI is InChI=1S/C46H28N2/c1-2-17-30(18-3-1)47-39-26-12-10-24-36(39)42-44-41(32-20-6-8-22-34(32)45(42)47)33-21-7-9-23-35(33)46-43(44)37-25-11-13-27-40(37)48(46)38-28-14-16-29-15-4-5-19-31(29)38/h1-28H/i1D,2D,3D,17D,18D. The number of aromatic nitrogens is 2. The van der Waals surface area contributed by atoms with E-state index in [-0.39, 0.29) is 29.9 Å². The molecule has 48 heavy (non-hydrogen) atoms. The van der Waals surface area contributed by atoms with Gasteiger partial charge in [-0.25, -0.2) is 0 Å². The van der Waals surface area contributed by atoms with Crippen LogP contribution in [-0.2, 0) is 0 Å². The van der Waals surface area contributed by atoms with Gasteiger partial charge in [0.25, 0.3) is 0 Å². The Morgan fingerprint density at radius 3 is 1.48 bits per heavy atom. The van der Waals surface area contributed by atoms with Crippen LogP contribution in [-0.4, -0.2) is 9.13 Å². The smallest absolute Gasteiger partial charge is 0.0645 e. The van der Waals surface area contributed by atoms with Gasteiger partial charge >= 0.3 is 0 Å². The summed E-state index contributed by atoms with van der Waals surface area (Å²) in [6, 6.07) is 47.1. The van der Waals surface area contributed by atoms with Gasteiger partial charge in [0.05, 0.1) is 34.6 Å². The Bertz CT molecular complexity index is 3380. The Hall–Kier alpha value is -6.38. The normalized spacial score (nSPS) is 13.6. The number of fused-ring (bicyclic) bond motifs is 16. The highest BCUT2D eigenvalue weighted by Gasteiger charge is 2.25. The van der Waals surface area contributed by atoms with Crippen molar-refractivity contribution in [2.45, 2.75) is 0 Å². The van der Waals surface area contributed by atoms with E-state index in [1.165, 1.54) is 0 Å². The molecule has 0 amide bonds. The van der Waals surface area contributed by atoms with Gasteiger partial charge in [-0.2, -0.15) is 0 Å². The number of rotatable bonds is 2. The summed E-state index contributed by atoms with van der Waals surface area (Å²) in [4.78, 5) is 0. The van der Waals surface area contributed by atoms with Crippen LogP contribution in [0.2, 0.25) is 0 Å². The maximum atomic E-state index is 9.15. The van der Waals surface area contributed by atoms with Gasteiger partial charge in [0.1, 0.15) is 0 Å². The van der Waals surface area contributed by atoms with Crippen LogP contribution in [0.3, 0.4) is 0 Å². The van der Waals surface area contributed by atoms with Gasteiger partial charge in [0.15, 0.2) is 0 Å². The van der Waals surface area contributed by atoms with Crippen LogP contribution in [0.1, 0.15) is 6.85 Å². The molecule has 2 heterocycles. The lowest BCUT2D eigenvalue weighted by Crippen LogP contribution is -1.97. The molecule has 222 valence electrons. The van der Waals surface area contributed by atoms with Crippen LogP contribution in [0.15, 0.2) is 170 Å². The van der Waals surface area contributed by atoms with Crippen molar-refractivity contribution in [2.24, 2.45) is 0 Å². The lowest BCUT2D eigenvalue weighted by Gasteiger charge is -2.17. The number of benzene rings is 9. The molecule has 0 radical (unpaired) electrons. The molecule has 2 nitrogen and oxygen atoms in total. The fraction of sp³-hybridized carbons (Fsp3) is 0. The lowest BCUT2D eigenvalue weighted by molar-refractivity contribution is 1.19. The van der Waals surface area contributed by atoms with Crippen molar-refractivity contribution >= 4 is 86.7 Å². The van der Waals surface area contributed by atoms with E-state index < -0.39 is 6.04 Å². The van der Waals surface area contributed by atoms with E-state index in [4.69, 9.17) is 6.85 Å². The Kier molecular flexibility index (Phi) is 4.27. The van der Waals surface area contributed by atoms with E-state index in [9.17, 15) is 0 Å². The van der Waals surface area contributed by atoms with E-state index in [0.29, 0.717) is 0 Å². The molecule has 11 aromatic rings. The van der Waals surface area contributed by atoms with E-state index in [1.807, 2.05) is 28.8 Å². The highest BCUT2D eigenvalue weighted by molar-refractivity contribution is 6.45. The molecule has 0 spiro atoms. The highest BCUT2D eigenvalue weighted by atomic mass is 15.0. The van der Waals surface area contributed by atoms with E-state index >= 15 is 0 Å². The number of para-hydroxylation sites is 3. The SMILES string of the molecule is [2H]c1c([2H])c([2H])c(-n2c3ccccc3c3c4c(c5ccccc5c32)c2ccccc2c2c4c3ccccc3n2-c2cccc3ccccc23)c([2H])c1[2H]. The molecule has 0 aliphatic carbocycles. The monoisotopic (exact) mass is 613 g/mol. The van der Waals surface area contributed by atoms with Crippen molar-refractivity contribution in [1.29, 1.82) is 0 Å². The largest absolute Gasteiger partial charge is 0.309 e. The first kappa shape index (κ1) is 21.4. The average molecular weight is 614 g/mol. The molecule has 0 atom stereocenters. The highest BCUT2D eigenvalue weighted by Crippen LogP contribution is 2.50. The summed E-state index contributed by atoms with van der Waals surface area (Å²) in [5, 5.41) is 12.9.